The first kappa shape index (κ1) is 24.5. The number of allylic oxidation sites excluding steroid dienone is 2. The standard InChI is InChI=1S/C31H29FN2O3/c32-26-7-3-5-22(17-26)19-33-30(35)25-14-15-29-24(18-25)6-4-16-34(29)20-21-10-12-23(13-11-21)27-8-1-2-9-28(27)31(36)37/h1-2,5,8-15,17-18H,3-4,6-7,16,19-20H2,(H,33,35)(H,36,37). The van der Waals surface area contributed by atoms with Gasteiger partial charge in [-0.2, -0.15) is 0 Å². The van der Waals surface area contributed by atoms with E-state index in [1.165, 1.54) is 6.08 Å². The van der Waals surface area contributed by atoms with Crippen LogP contribution >= 0.6 is 0 Å². The van der Waals surface area contributed by atoms with E-state index in [0.29, 0.717) is 36.1 Å². The maximum Gasteiger partial charge on any atom is 0.336 e. The number of nitrogens with zero attached hydrogens (tertiary/aromatic N) is 1. The molecule has 0 aromatic heterocycles. The molecule has 37 heavy (non-hydrogen) atoms. The molecule has 0 bridgehead atoms. The lowest BCUT2D eigenvalue weighted by atomic mass is 9.97. The van der Waals surface area contributed by atoms with Crippen LogP contribution < -0.4 is 10.2 Å². The third kappa shape index (κ3) is 5.64. The van der Waals surface area contributed by atoms with Gasteiger partial charge in [-0.25, -0.2) is 9.18 Å². The third-order valence-electron chi connectivity index (χ3n) is 6.94. The molecule has 2 aliphatic rings. The SMILES string of the molecule is O=C(NCC1=CCCC(F)=C1)c1ccc2c(c1)CCCN2Cc1ccc(-c2ccccc2C(=O)O)cc1. The zero-order valence-corrected chi connectivity index (χ0v) is 20.5. The summed E-state index contributed by atoms with van der Waals surface area (Å²) in [6, 6.07) is 20.9. The predicted octanol–water partition coefficient (Wildman–Crippen LogP) is 6.31. The van der Waals surface area contributed by atoms with Crippen molar-refractivity contribution in [3.05, 3.63) is 113 Å². The maximum absolute atomic E-state index is 13.5. The first-order chi connectivity index (χ1) is 18.0. The normalized spacial score (nSPS) is 14.9. The van der Waals surface area contributed by atoms with Crippen LogP contribution in [0.5, 0.6) is 0 Å². The Morgan fingerprint density at radius 3 is 2.59 bits per heavy atom. The summed E-state index contributed by atoms with van der Waals surface area (Å²) in [7, 11) is 0. The molecule has 1 aliphatic carbocycles. The van der Waals surface area contributed by atoms with E-state index >= 15 is 0 Å². The Morgan fingerprint density at radius 2 is 1.81 bits per heavy atom. The lowest BCUT2D eigenvalue weighted by molar-refractivity contribution is 0.0697. The molecule has 5 nitrogen and oxygen atoms in total. The Hall–Kier alpha value is -4.19. The van der Waals surface area contributed by atoms with E-state index < -0.39 is 5.97 Å². The van der Waals surface area contributed by atoms with Crippen molar-refractivity contribution < 1.29 is 19.1 Å². The van der Waals surface area contributed by atoms with Gasteiger partial charge in [0.15, 0.2) is 0 Å². The van der Waals surface area contributed by atoms with Crippen molar-refractivity contribution in [1.82, 2.24) is 5.32 Å². The zero-order valence-electron chi connectivity index (χ0n) is 20.5. The molecule has 0 unspecified atom stereocenters. The molecular formula is C31H29FN2O3. The van der Waals surface area contributed by atoms with Gasteiger partial charge in [-0.1, -0.05) is 48.5 Å². The second-order valence-corrected chi connectivity index (χ2v) is 9.51. The van der Waals surface area contributed by atoms with Crippen molar-refractivity contribution in [1.29, 1.82) is 0 Å². The van der Waals surface area contributed by atoms with Gasteiger partial charge in [0.05, 0.1) is 5.56 Å². The topological polar surface area (TPSA) is 69.6 Å². The van der Waals surface area contributed by atoms with E-state index in [1.54, 1.807) is 12.1 Å². The van der Waals surface area contributed by atoms with Gasteiger partial charge in [-0.3, -0.25) is 4.79 Å². The van der Waals surface area contributed by atoms with Gasteiger partial charge in [0.1, 0.15) is 5.83 Å². The van der Waals surface area contributed by atoms with Crippen LogP contribution in [-0.2, 0) is 13.0 Å². The molecule has 188 valence electrons. The maximum atomic E-state index is 13.5. The summed E-state index contributed by atoms with van der Waals surface area (Å²) in [5.74, 6) is -1.23. The molecule has 0 atom stereocenters. The van der Waals surface area contributed by atoms with E-state index in [1.807, 2.05) is 60.7 Å². The average Bonchev–Trinajstić information content (AvgIpc) is 2.92. The number of carboxylic acids is 1. The second kappa shape index (κ2) is 10.8. The monoisotopic (exact) mass is 496 g/mol. The molecular weight excluding hydrogens is 467 g/mol. The van der Waals surface area contributed by atoms with Crippen molar-refractivity contribution in [2.45, 2.75) is 32.2 Å². The summed E-state index contributed by atoms with van der Waals surface area (Å²) in [5, 5.41) is 12.4. The predicted molar refractivity (Wildman–Crippen MR) is 143 cm³/mol. The van der Waals surface area contributed by atoms with Crippen LogP contribution in [0.3, 0.4) is 0 Å². The van der Waals surface area contributed by atoms with Crippen LogP contribution in [0.2, 0.25) is 0 Å². The van der Waals surface area contributed by atoms with E-state index in [9.17, 15) is 19.1 Å². The number of rotatable bonds is 7. The smallest absolute Gasteiger partial charge is 0.336 e. The van der Waals surface area contributed by atoms with E-state index in [2.05, 4.69) is 10.2 Å². The number of aromatic carboxylic acids is 1. The molecule has 1 aliphatic heterocycles. The molecule has 1 heterocycles. The van der Waals surface area contributed by atoms with Crippen molar-refractivity contribution >= 4 is 17.6 Å². The first-order valence-corrected chi connectivity index (χ1v) is 12.6. The summed E-state index contributed by atoms with van der Waals surface area (Å²) in [6.45, 7) is 1.97. The summed E-state index contributed by atoms with van der Waals surface area (Å²) in [5.41, 5.74) is 6.69. The van der Waals surface area contributed by atoms with E-state index in [-0.39, 0.29) is 11.7 Å². The largest absolute Gasteiger partial charge is 0.478 e. The summed E-state index contributed by atoms with van der Waals surface area (Å²) >= 11 is 0. The number of carbonyl (C=O) groups is 2. The molecule has 0 saturated heterocycles. The molecule has 1 amide bonds. The molecule has 0 radical (unpaired) electrons. The van der Waals surface area contributed by atoms with Crippen LogP contribution in [0, 0.1) is 0 Å². The molecule has 0 fully saturated rings. The zero-order chi connectivity index (χ0) is 25.8. The minimum atomic E-state index is -0.936. The number of aryl methyl sites for hydroxylation is 1. The van der Waals surface area contributed by atoms with Crippen LogP contribution in [0.1, 0.15) is 51.1 Å². The van der Waals surface area contributed by atoms with Crippen molar-refractivity contribution in [3.63, 3.8) is 0 Å². The Bertz CT molecular complexity index is 1390. The van der Waals surface area contributed by atoms with Gasteiger partial charge >= 0.3 is 5.97 Å². The molecule has 2 N–H and O–H groups in total. The second-order valence-electron chi connectivity index (χ2n) is 9.51. The lowest BCUT2D eigenvalue weighted by Gasteiger charge is -2.32. The Morgan fingerprint density at radius 1 is 1.00 bits per heavy atom. The quantitative estimate of drug-likeness (QED) is 0.402. The number of hydrogen-bond donors (Lipinski definition) is 2. The molecule has 6 heteroatoms. The van der Waals surface area contributed by atoms with E-state index in [0.717, 1.165) is 53.9 Å². The number of carboxylic acid groups (broad SMARTS) is 1. The highest BCUT2D eigenvalue weighted by molar-refractivity contribution is 5.96. The van der Waals surface area contributed by atoms with Gasteiger partial charge in [-0.15, -0.1) is 0 Å². The van der Waals surface area contributed by atoms with Gasteiger partial charge in [-0.05, 0) is 77.4 Å². The number of carbonyl (C=O) groups excluding carboxylic acids is 1. The van der Waals surface area contributed by atoms with Crippen molar-refractivity contribution in [3.8, 4) is 11.1 Å². The number of nitrogens with one attached hydrogen (secondary N) is 1. The molecule has 5 rings (SSSR count). The number of benzene rings is 3. The fourth-order valence-electron chi connectivity index (χ4n) is 5.05. The van der Waals surface area contributed by atoms with Gasteiger partial charge in [0.2, 0.25) is 0 Å². The van der Waals surface area contributed by atoms with E-state index in [4.69, 9.17) is 0 Å². The van der Waals surface area contributed by atoms with Crippen molar-refractivity contribution in [2.75, 3.05) is 18.0 Å². The molecule has 3 aromatic carbocycles. The van der Waals surface area contributed by atoms with Crippen LogP contribution in [-0.4, -0.2) is 30.1 Å². The molecule has 0 saturated carbocycles. The van der Waals surface area contributed by atoms with Crippen LogP contribution in [0.25, 0.3) is 11.1 Å². The summed E-state index contributed by atoms with van der Waals surface area (Å²) in [6.07, 6.45) is 6.48. The highest BCUT2D eigenvalue weighted by Crippen LogP contribution is 2.30. The summed E-state index contributed by atoms with van der Waals surface area (Å²) in [4.78, 5) is 26.6. The fourth-order valence-corrected chi connectivity index (χ4v) is 5.05. The minimum Gasteiger partial charge on any atom is -0.478 e. The molecule has 3 aromatic rings. The fraction of sp³-hybridized carbons (Fsp3) is 0.226. The summed E-state index contributed by atoms with van der Waals surface area (Å²) < 4.78 is 13.5. The Labute approximate surface area is 215 Å². The van der Waals surface area contributed by atoms with Crippen molar-refractivity contribution in [2.24, 2.45) is 0 Å². The number of anilines is 1. The number of amides is 1. The average molecular weight is 497 g/mol. The minimum absolute atomic E-state index is 0.139. The molecule has 0 spiro atoms. The van der Waals surface area contributed by atoms with Crippen LogP contribution in [0.4, 0.5) is 10.1 Å². The lowest BCUT2D eigenvalue weighted by Crippen LogP contribution is -2.30. The van der Waals surface area contributed by atoms with Gasteiger partial charge in [0, 0.05) is 37.3 Å². The third-order valence-corrected chi connectivity index (χ3v) is 6.94. The van der Waals surface area contributed by atoms with Crippen LogP contribution in [0.15, 0.2) is 90.3 Å². The number of fused-ring (bicyclic) bond motifs is 1. The number of hydrogen-bond acceptors (Lipinski definition) is 3. The van der Waals surface area contributed by atoms with Gasteiger partial charge in [0.25, 0.3) is 5.91 Å². The Kier molecular flexibility index (Phi) is 7.17. The first-order valence-electron chi connectivity index (χ1n) is 12.6. The highest BCUT2D eigenvalue weighted by Gasteiger charge is 2.19. The van der Waals surface area contributed by atoms with Gasteiger partial charge < -0.3 is 15.3 Å². The highest BCUT2D eigenvalue weighted by atomic mass is 19.1. The Balaban J connectivity index is 1.27. The number of halogens is 1.